The molecule has 0 aliphatic heterocycles. The van der Waals surface area contributed by atoms with Gasteiger partial charge in [0.2, 0.25) is 0 Å². The molecule has 0 aliphatic carbocycles. The molecule has 0 saturated heterocycles. The summed E-state index contributed by atoms with van der Waals surface area (Å²) in [5, 5.41) is 2.84. The zero-order chi connectivity index (χ0) is 21.6. The second kappa shape index (κ2) is 9.59. The van der Waals surface area contributed by atoms with Crippen molar-refractivity contribution < 1.29 is 14.3 Å². The van der Waals surface area contributed by atoms with Crippen molar-refractivity contribution in [3.05, 3.63) is 59.7 Å². The van der Waals surface area contributed by atoms with E-state index in [0.717, 1.165) is 5.56 Å². The van der Waals surface area contributed by atoms with E-state index in [9.17, 15) is 9.59 Å². The van der Waals surface area contributed by atoms with E-state index in [0.29, 0.717) is 30.1 Å². The molecule has 1 unspecified atom stereocenters. The van der Waals surface area contributed by atoms with Crippen molar-refractivity contribution in [2.45, 2.75) is 53.1 Å². The van der Waals surface area contributed by atoms with Gasteiger partial charge in [-0.25, -0.2) is 0 Å². The number of hydrogen-bond acceptors (Lipinski definition) is 3. The molecule has 0 fully saturated rings. The highest BCUT2D eigenvalue weighted by molar-refractivity contribution is 5.96. The average Bonchev–Trinajstić information content (AvgIpc) is 2.69. The zero-order valence-corrected chi connectivity index (χ0v) is 18.3. The quantitative estimate of drug-likeness (QED) is 0.726. The SMILES string of the molecule is CCN(CC)C(=O)c1ccc(NC(=O)C(C)Oc2cccc(C(C)(C)C)c2)cc1. The summed E-state index contributed by atoms with van der Waals surface area (Å²) in [6.07, 6.45) is -0.651. The number of carbonyl (C=O) groups excluding carboxylic acids is 2. The predicted molar refractivity (Wildman–Crippen MR) is 118 cm³/mol. The summed E-state index contributed by atoms with van der Waals surface area (Å²) >= 11 is 0. The number of amides is 2. The van der Waals surface area contributed by atoms with Crippen LogP contribution >= 0.6 is 0 Å². The molecule has 0 spiro atoms. The van der Waals surface area contributed by atoms with Gasteiger partial charge in [0.1, 0.15) is 5.75 Å². The number of carbonyl (C=O) groups is 2. The van der Waals surface area contributed by atoms with Crippen molar-refractivity contribution in [1.82, 2.24) is 4.90 Å². The van der Waals surface area contributed by atoms with Crippen molar-refractivity contribution >= 4 is 17.5 Å². The highest BCUT2D eigenvalue weighted by Crippen LogP contribution is 2.26. The van der Waals surface area contributed by atoms with Crippen molar-refractivity contribution in [1.29, 1.82) is 0 Å². The maximum atomic E-state index is 12.5. The number of nitrogens with one attached hydrogen (secondary N) is 1. The minimum Gasteiger partial charge on any atom is -0.481 e. The van der Waals surface area contributed by atoms with E-state index in [2.05, 4.69) is 32.2 Å². The predicted octanol–water partition coefficient (Wildman–Crippen LogP) is 4.87. The smallest absolute Gasteiger partial charge is 0.265 e. The maximum absolute atomic E-state index is 12.5. The van der Waals surface area contributed by atoms with E-state index in [-0.39, 0.29) is 17.2 Å². The minimum absolute atomic E-state index is 0.00911. The maximum Gasteiger partial charge on any atom is 0.265 e. The van der Waals surface area contributed by atoms with Crippen LogP contribution in [0.3, 0.4) is 0 Å². The number of benzene rings is 2. The first-order valence-electron chi connectivity index (χ1n) is 10.1. The Labute approximate surface area is 174 Å². The van der Waals surface area contributed by atoms with Gasteiger partial charge in [0.15, 0.2) is 6.10 Å². The molecule has 0 radical (unpaired) electrons. The molecule has 0 aliphatic rings. The van der Waals surface area contributed by atoms with Gasteiger partial charge in [-0.1, -0.05) is 32.9 Å². The van der Waals surface area contributed by atoms with E-state index in [1.54, 1.807) is 36.1 Å². The standard InChI is InChI=1S/C24H32N2O3/c1-7-26(8-2)23(28)18-12-14-20(15-13-18)25-22(27)17(3)29-21-11-9-10-19(16-21)24(4,5)6/h9-17H,7-8H2,1-6H3,(H,25,27). The minimum atomic E-state index is -0.651. The molecule has 156 valence electrons. The Balaban J connectivity index is 2.00. The molecular weight excluding hydrogens is 364 g/mol. The zero-order valence-electron chi connectivity index (χ0n) is 18.3. The van der Waals surface area contributed by atoms with Crippen molar-refractivity contribution in [2.75, 3.05) is 18.4 Å². The van der Waals surface area contributed by atoms with E-state index in [1.807, 2.05) is 32.0 Å². The summed E-state index contributed by atoms with van der Waals surface area (Å²) in [6.45, 7) is 13.4. The molecule has 2 aromatic carbocycles. The molecule has 5 heteroatoms. The lowest BCUT2D eigenvalue weighted by molar-refractivity contribution is -0.122. The number of nitrogens with zero attached hydrogens (tertiary/aromatic N) is 1. The van der Waals surface area contributed by atoms with Gasteiger partial charge in [0.05, 0.1) is 0 Å². The van der Waals surface area contributed by atoms with Crippen LogP contribution in [-0.2, 0) is 10.2 Å². The molecule has 1 N–H and O–H groups in total. The van der Waals surface area contributed by atoms with Crippen LogP contribution in [0.4, 0.5) is 5.69 Å². The summed E-state index contributed by atoms with van der Waals surface area (Å²) in [4.78, 5) is 26.6. The summed E-state index contributed by atoms with van der Waals surface area (Å²) in [7, 11) is 0. The summed E-state index contributed by atoms with van der Waals surface area (Å²) < 4.78 is 5.83. The molecule has 2 amide bonds. The van der Waals surface area contributed by atoms with Crippen molar-refractivity contribution in [2.24, 2.45) is 0 Å². The van der Waals surface area contributed by atoms with Crippen LogP contribution < -0.4 is 10.1 Å². The lowest BCUT2D eigenvalue weighted by Crippen LogP contribution is -2.31. The second-order valence-electron chi connectivity index (χ2n) is 8.08. The van der Waals surface area contributed by atoms with Crippen LogP contribution in [0.2, 0.25) is 0 Å². The molecule has 0 heterocycles. The van der Waals surface area contributed by atoms with E-state index < -0.39 is 6.10 Å². The van der Waals surface area contributed by atoms with Crippen molar-refractivity contribution in [3.8, 4) is 5.75 Å². The van der Waals surface area contributed by atoms with Gasteiger partial charge in [-0.05, 0) is 68.1 Å². The summed E-state index contributed by atoms with van der Waals surface area (Å²) in [6, 6.07) is 14.8. The van der Waals surface area contributed by atoms with Gasteiger partial charge in [-0.15, -0.1) is 0 Å². The third-order valence-corrected chi connectivity index (χ3v) is 4.83. The van der Waals surface area contributed by atoms with E-state index in [1.165, 1.54) is 0 Å². The average molecular weight is 397 g/mol. The fourth-order valence-corrected chi connectivity index (χ4v) is 2.93. The summed E-state index contributed by atoms with van der Waals surface area (Å²) in [5.41, 5.74) is 2.39. The number of anilines is 1. The van der Waals surface area contributed by atoms with Crippen molar-refractivity contribution in [3.63, 3.8) is 0 Å². The molecule has 2 aromatic rings. The van der Waals surface area contributed by atoms with Crippen LogP contribution in [0, 0.1) is 0 Å². The number of hydrogen-bond donors (Lipinski definition) is 1. The van der Waals surface area contributed by atoms with Crippen LogP contribution in [0.1, 0.15) is 57.5 Å². The van der Waals surface area contributed by atoms with Gasteiger partial charge < -0.3 is 15.0 Å². The Hall–Kier alpha value is -2.82. The van der Waals surface area contributed by atoms with Crippen LogP contribution in [-0.4, -0.2) is 35.9 Å². The highest BCUT2D eigenvalue weighted by Gasteiger charge is 2.18. The van der Waals surface area contributed by atoms with Gasteiger partial charge in [0, 0.05) is 24.3 Å². The Bertz CT molecular complexity index is 834. The third kappa shape index (κ3) is 6.08. The molecule has 0 saturated carbocycles. The molecule has 1 atom stereocenters. The van der Waals surface area contributed by atoms with Crippen LogP contribution in [0.15, 0.2) is 48.5 Å². The molecule has 29 heavy (non-hydrogen) atoms. The van der Waals surface area contributed by atoms with Gasteiger partial charge >= 0.3 is 0 Å². The molecule has 0 bridgehead atoms. The lowest BCUT2D eigenvalue weighted by atomic mass is 9.87. The fourth-order valence-electron chi connectivity index (χ4n) is 2.93. The van der Waals surface area contributed by atoms with Gasteiger partial charge in [-0.2, -0.15) is 0 Å². The Morgan fingerprint density at radius 2 is 1.66 bits per heavy atom. The Morgan fingerprint density at radius 3 is 2.21 bits per heavy atom. The first-order valence-corrected chi connectivity index (χ1v) is 10.1. The molecule has 2 rings (SSSR count). The first-order chi connectivity index (χ1) is 13.7. The topological polar surface area (TPSA) is 58.6 Å². The molecular formula is C24H32N2O3. The van der Waals surface area contributed by atoms with E-state index in [4.69, 9.17) is 4.74 Å². The highest BCUT2D eigenvalue weighted by atomic mass is 16.5. The first kappa shape index (κ1) is 22.5. The molecule has 5 nitrogen and oxygen atoms in total. The van der Waals surface area contributed by atoms with E-state index >= 15 is 0 Å². The monoisotopic (exact) mass is 396 g/mol. The number of rotatable bonds is 7. The second-order valence-corrected chi connectivity index (χ2v) is 8.08. The normalized spacial score (nSPS) is 12.2. The fraction of sp³-hybridized carbons (Fsp3) is 0.417. The summed E-state index contributed by atoms with van der Waals surface area (Å²) in [5.74, 6) is 0.414. The Kier molecular flexibility index (Phi) is 7.43. The van der Waals surface area contributed by atoms with Crippen LogP contribution in [0.25, 0.3) is 0 Å². The van der Waals surface area contributed by atoms with Gasteiger partial charge in [-0.3, -0.25) is 9.59 Å². The lowest BCUT2D eigenvalue weighted by Gasteiger charge is -2.21. The van der Waals surface area contributed by atoms with Crippen LogP contribution in [0.5, 0.6) is 5.75 Å². The molecule has 0 aromatic heterocycles. The largest absolute Gasteiger partial charge is 0.481 e. The third-order valence-electron chi connectivity index (χ3n) is 4.83. The Morgan fingerprint density at radius 1 is 1.03 bits per heavy atom. The number of ether oxygens (including phenoxy) is 1. The van der Waals surface area contributed by atoms with Gasteiger partial charge in [0.25, 0.3) is 11.8 Å².